The van der Waals surface area contributed by atoms with Crippen LogP contribution in [0.15, 0.2) is 52.3 Å². The van der Waals surface area contributed by atoms with Crippen molar-refractivity contribution >= 4 is 16.8 Å². The first-order valence-electron chi connectivity index (χ1n) is 6.48. The van der Waals surface area contributed by atoms with Crippen molar-refractivity contribution in [2.24, 2.45) is 0 Å². The highest BCUT2D eigenvalue weighted by Crippen LogP contribution is 2.29. The summed E-state index contributed by atoms with van der Waals surface area (Å²) in [5.41, 5.74) is 2.87. The standard InChI is InChI=1S/C16H14O3S/c17-16(18)10-11-5-8-15-13(9-11)7-6-12-3-1-2-4-14(12)20(15)19/h1-5,8-9H,6-7,10H2,(H,17,18)/t20-/m1/s1. The van der Waals surface area contributed by atoms with E-state index in [0.717, 1.165) is 39.3 Å². The largest absolute Gasteiger partial charge is 0.481 e. The van der Waals surface area contributed by atoms with E-state index in [9.17, 15) is 9.00 Å². The highest BCUT2D eigenvalue weighted by Gasteiger charge is 2.20. The Kier molecular flexibility index (Phi) is 3.40. The molecule has 0 spiro atoms. The zero-order valence-electron chi connectivity index (χ0n) is 10.8. The monoisotopic (exact) mass is 286 g/mol. The molecule has 102 valence electrons. The van der Waals surface area contributed by atoms with Gasteiger partial charge < -0.3 is 5.11 Å². The summed E-state index contributed by atoms with van der Waals surface area (Å²) in [6.07, 6.45) is 1.64. The zero-order valence-corrected chi connectivity index (χ0v) is 11.7. The van der Waals surface area contributed by atoms with Crippen LogP contribution in [-0.4, -0.2) is 15.3 Å². The number of carboxylic acid groups (broad SMARTS) is 1. The molecule has 2 aromatic carbocycles. The highest BCUT2D eigenvalue weighted by molar-refractivity contribution is 7.85. The molecule has 0 unspecified atom stereocenters. The molecule has 1 aliphatic heterocycles. The summed E-state index contributed by atoms with van der Waals surface area (Å²) in [5, 5.41) is 8.86. The van der Waals surface area contributed by atoms with Crippen LogP contribution in [0.5, 0.6) is 0 Å². The van der Waals surface area contributed by atoms with E-state index in [4.69, 9.17) is 5.11 Å². The highest BCUT2D eigenvalue weighted by atomic mass is 32.2. The van der Waals surface area contributed by atoms with E-state index in [1.165, 1.54) is 0 Å². The second-order valence-corrected chi connectivity index (χ2v) is 6.31. The van der Waals surface area contributed by atoms with Crippen LogP contribution < -0.4 is 0 Å². The summed E-state index contributed by atoms with van der Waals surface area (Å²) in [6, 6.07) is 13.2. The van der Waals surface area contributed by atoms with Gasteiger partial charge in [-0.2, -0.15) is 0 Å². The topological polar surface area (TPSA) is 54.4 Å². The number of benzene rings is 2. The quantitative estimate of drug-likeness (QED) is 0.923. The number of carboxylic acids is 1. The maximum Gasteiger partial charge on any atom is 0.307 e. The van der Waals surface area contributed by atoms with Crippen molar-refractivity contribution in [3.05, 3.63) is 59.2 Å². The normalized spacial score (nSPS) is 16.9. The van der Waals surface area contributed by atoms with Gasteiger partial charge in [-0.1, -0.05) is 30.3 Å². The number of rotatable bonds is 2. The smallest absolute Gasteiger partial charge is 0.307 e. The number of carbonyl (C=O) groups is 1. The Morgan fingerprint density at radius 2 is 1.75 bits per heavy atom. The third kappa shape index (κ3) is 2.39. The second-order valence-electron chi connectivity index (χ2n) is 4.89. The fourth-order valence-electron chi connectivity index (χ4n) is 2.57. The van der Waals surface area contributed by atoms with Crippen LogP contribution in [0.3, 0.4) is 0 Å². The predicted octanol–water partition coefficient (Wildman–Crippen LogP) is 2.58. The van der Waals surface area contributed by atoms with Crippen LogP contribution in [0, 0.1) is 0 Å². The molecule has 3 nitrogen and oxygen atoms in total. The molecule has 0 bridgehead atoms. The Balaban J connectivity index is 2.05. The Morgan fingerprint density at radius 1 is 1.05 bits per heavy atom. The summed E-state index contributed by atoms with van der Waals surface area (Å²) in [5.74, 6) is -0.844. The van der Waals surface area contributed by atoms with Crippen molar-refractivity contribution in [2.45, 2.75) is 29.1 Å². The van der Waals surface area contributed by atoms with Gasteiger partial charge in [0.1, 0.15) is 0 Å². The average Bonchev–Trinajstić information content (AvgIpc) is 2.57. The molecule has 0 saturated carbocycles. The zero-order chi connectivity index (χ0) is 14.1. The van der Waals surface area contributed by atoms with Gasteiger partial charge in [0.05, 0.1) is 17.2 Å². The summed E-state index contributed by atoms with van der Waals surface area (Å²) in [4.78, 5) is 12.5. The first-order valence-corrected chi connectivity index (χ1v) is 7.63. The predicted molar refractivity (Wildman–Crippen MR) is 76.3 cm³/mol. The maximum atomic E-state index is 12.7. The van der Waals surface area contributed by atoms with Gasteiger partial charge >= 0.3 is 5.97 Å². The Labute approximate surface area is 119 Å². The molecule has 3 rings (SSSR count). The van der Waals surface area contributed by atoms with Crippen molar-refractivity contribution in [2.75, 3.05) is 0 Å². The van der Waals surface area contributed by atoms with Crippen molar-refractivity contribution < 1.29 is 14.1 Å². The van der Waals surface area contributed by atoms with Crippen LogP contribution >= 0.6 is 0 Å². The van der Waals surface area contributed by atoms with Crippen molar-refractivity contribution in [3.8, 4) is 0 Å². The molecule has 2 aromatic rings. The Hall–Kier alpha value is -1.94. The minimum Gasteiger partial charge on any atom is -0.481 e. The molecule has 1 atom stereocenters. The van der Waals surface area contributed by atoms with E-state index >= 15 is 0 Å². The summed E-state index contributed by atoms with van der Waals surface area (Å²) in [7, 11) is -1.18. The van der Waals surface area contributed by atoms with Crippen LogP contribution in [0.4, 0.5) is 0 Å². The third-order valence-corrected chi connectivity index (χ3v) is 5.11. The third-order valence-electron chi connectivity index (χ3n) is 3.52. The van der Waals surface area contributed by atoms with Gasteiger partial charge in [-0.15, -0.1) is 0 Å². The van der Waals surface area contributed by atoms with Gasteiger partial charge in [-0.25, -0.2) is 4.21 Å². The minimum atomic E-state index is -1.18. The average molecular weight is 286 g/mol. The molecule has 0 fully saturated rings. The van der Waals surface area contributed by atoms with Gasteiger partial charge in [-0.3, -0.25) is 4.79 Å². The van der Waals surface area contributed by atoms with Gasteiger partial charge in [-0.05, 0) is 41.7 Å². The van der Waals surface area contributed by atoms with Gasteiger partial charge in [0, 0.05) is 9.79 Å². The molecule has 0 saturated heterocycles. The molecule has 20 heavy (non-hydrogen) atoms. The van der Waals surface area contributed by atoms with E-state index in [2.05, 4.69) is 0 Å². The number of hydrogen-bond acceptors (Lipinski definition) is 2. The molecular weight excluding hydrogens is 272 g/mol. The van der Waals surface area contributed by atoms with Gasteiger partial charge in [0.15, 0.2) is 0 Å². The summed E-state index contributed by atoms with van der Waals surface area (Å²) in [6.45, 7) is 0. The van der Waals surface area contributed by atoms with Crippen molar-refractivity contribution in [1.82, 2.24) is 0 Å². The fraction of sp³-hybridized carbons (Fsp3) is 0.188. The lowest BCUT2D eigenvalue weighted by atomic mass is 10.0. The molecule has 1 heterocycles. The molecule has 0 aromatic heterocycles. The molecular formula is C16H14O3S. The Morgan fingerprint density at radius 3 is 2.55 bits per heavy atom. The summed E-state index contributed by atoms with van der Waals surface area (Å²) >= 11 is 0. The van der Waals surface area contributed by atoms with E-state index in [-0.39, 0.29) is 6.42 Å². The van der Waals surface area contributed by atoms with Gasteiger partial charge in [0.2, 0.25) is 0 Å². The maximum absolute atomic E-state index is 12.7. The van der Waals surface area contributed by atoms with Crippen LogP contribution in [0.1, 0.15) is 16.7 Å². The lowest BCUT2D eigenvalue weighted by Gasteiger charge is -2.07. The number of aryl methyl sites for hydroxylation is 2. The number of aliphatic carboxylic acids is 1. The second kappa shape index (κ2) is 5.21. The fourth-order valence-corrected chi connectivity index (χ4v) is 4.01. The van der Waals surface area contributed by atoms with E-state index in [1.54, 1.807) is 6.07 Å². The molecule has 1 aliphatic rings. The molecule has 0 amide bonds. The molecule has 0 radical (unpaired) electrons. The van der Waals surface area contributed by atoms with E-state index in [0.29, 0.717) is 0 Å². The number of fused-ring (bicyclic) bond motifs is 2. The molecule has 4 heteroatoms. The number of hydrogen-bond donors (Lipinski definition) is 1. The van der Waals surface area contributed by atoms with E-state index < -0.39 is 16.8 Å². The Bertz CT molecular complexity index is 707. The molecule has 1 N–H and O–H groups in total. The van der Waals surface area contributed by atoms with Gasteiger partial charge in [0.25, 0.3) is 0 Å². The van der Waals surface area contributed by atoms with Crippen molar-refractivity contribution in [1.29, 1.82) is 0 Å². The first-order chi connectivity index (χ1) is 9.65. The molecule has 0 aliphatic carbocycles. The summed E-state index contributed by atoms with van der Waals surface area (Å²) < 4.78 is 12.7. The van der Waals surface area contributed by atoms with Crippen LogP contribution in [0.2, 0.25) is 0 Å². The SMILES string of the molecule is O=C(O)Cc1ccc2c(c1)CCc1ccccc1[S@]2=O. The lowest BCUT2D eigenvalue weighted by Crippen LogP contribution is -2.02. The first kappa shape index (κ1) is 13.1. The minimum absolute atomic E-state index is 0.00681. The van der Waals surface area contributed by atoms with Crippen molar-refractivity contribution in [3.63, 3.8) is 0 Å². The van der Waals surface area contributed by atoms with Crippen LogP contribution in [0.25, 0.3) is 0 Å². The van der Waals surface area contributed by atoms with E-state index in [1.807, 2.05) is 36.4 Å². The lowest BCUT2D eigenvalue weighted by molar-refractivity contribution is -0.136. The van der Waals surface area contributed by atoms with Crippen LogP contribution in [-0.2, 0) is 34.9 Å².